The molecule has 1 N–H and O–H groups in total. The number of nitrogens with zero attached hydrogens (tertiary/aromatic N) is 4. The van der Waals surface area contributed by atoms with E-state index in [2.05, 4.69) is 15.5 Å². The molecule has 0 atom stereocenters. The van der Waals surface area contributed by atoms with Crippen LogP contribution in [0.15, 0.2) is 35.0 Å². The molecule has 1 aliphatic carbocycles. The quantitative estimate of drug-likeness (QED) is 0.683. The van der Waals surface area contributed by atoms with Gasteiger partial charge in [0.1, 0.15) is 5.69 Å². The number of likely N-dealkylation sites (tertiary alicyclic amines) is 1. The Morgan fingerprint density at radius 2 is 2.29 bits per heavy atom. The average molecular weight is 323 g/mol. The van der Waals surface area contributed by atoms with E-state index in [0.717, 1.165) is 32.4 Å². The van der Waals surface area contributed by atoms with Gasteiger partial charge in [0.2, 0.25) is 5.76 Å². The van der Waals surface area contributed by atoms with Crippen molar-refractivity contribution < 1.29 is 9.32 Å². The third-order valence-corrected chi connectivity index (χ3v) is 5.00. The van der Waals surface area contributed by atoms with Gasteiger partial charge < -0.3 is 14.7 Å². The highest BCUT2D eigenvalue weighted by Crippen LogP contribution is 2.48. The number of rotatable bonds is 3. The molecule has 3 heterocycles. The van der Waals surface area contributed by atoms with Crippen LogP contribution in [0.5, 0.6) is 0 Å². The van der Waals surface area contributed by atoms with Crippen LogP contribution in [0.2, 0.25) is 0 Å². The lowest BCUT2D eigenvalue weighted by molar-refractivity contribution is 0.0646. The van der Waals surface area contributed by atoms with E-state index in [4.69, 9.17) is 9.78 Å². The summed E-state index contributed by atoms with van der Waals surface area (Å²) in [5, 5.41) is 15.4. The summed E-state index contributed by atoms with van der Waals surface area (Å²) in [5.74, 6) is 0.122. The number of aromatic nitrogens is 2. The first kappa shape index (κ1) is 14.7. The Morgan fingerprint density at radius 1 is 1.42 bits per heavy atom. The van der Waals surface area contributed by atoms with E-state index < -0.39 is 0 Å². The summed E-state index contributed by atoms with van der Waals surface area (Å²) in [5.41, 5.74) is 1.41. The van der Waals surface area contributed by atoms with E-state index in [0.29, 0.717) is 11.4 Å². The van der Waals surface area contributed by atoms with Gasteiger partial charge in [-0.15, -0.1) is 0 Å². The summed E-state index contributed by atoms with van der Waals surface area (Å²) in [6.07, 6.45) is 6.54. The van der Waals surface area contributed by atoms with Crippen molar-refractivity contribution in [1.29, 1.82) is 5.26 Å². The van der Waals surface area contributed by atoms with E-state index >= 15 is 0 Å². The van der Waals surface area contributed by atoms with Crippen LogP contribution in [0.1, 0.15) is 29.8 Å². The van der Waals surface area contributed by atoms with E-state index in [9.17, 15) is 4.79 Å². The smallest absolute Gasteiger partial charge is 0.292 e. The summed E-state index contributed by atoms with van der Waals surface area (Å²) in [6, 6.07) is 7.42. The number of amides is 1. The molecule has 1 aliphatic heterocycles. The lowest BCUT2D eigenvalue weighted by Gasteiger charge is -2.44. The number of carbonyl (C=O) groups is 1. The molecule has 0 radical (unpaired) electrons. The summed E-state index contributed by atoms with van der Waals surface area (Å²) >= 11 is 0. The van der Waals surface area contributed by atoms with Gasteiger partial charge in [-0.2, -0.15) is 5.26 Å². The van der Waals surface area contributed by atoms with Crippen LogP contribution in [0.25, 0.3) is 11.4 Å². The maximum Gasteiger partial charge on any atom is 0.292 e. The summed E-state index contributed by atoms with van der Waals surface area (Å²) in [6.45, 7) is 1.44. The molecule has 2 aromatic heterocycles. The minimum atomic E-state index is -0.127. The van der Waals surface area contributed by atoms with Crippen LogP contribution in [-0.4, -0.2) is 40.1 Å². The van der Waals surface area contributed by atoms with Crippen LogP contribution < -0.4 is 5.32 Å². The van der Waals surface area contributed by atoms with Crippen LogP contribution in [0.4, 0.5) is 0 Å². The van der Waals surface area contributed by atoms with E-state index in [-0.39, 0.29) is 23.1 Å². The number of pyridine rings is 1. The normalized spacial score (nSPS) is 25.3. The molecule has 2 aromatic rings. The van der Waals surface area contributed by atoms with Crippen molar-refractivity contribution >= 4 is 5.91 Å². The van der Waals surface area contributed by atoms with Crippen molar-refractivity contribution in [2.75, 3.05) is 13.1 Å². The standard InChI is InChI=1S/C17H17N5O2/c18-11-20-12-8-17(9-12)4-6-22(10-17)16(23)15-7-14(21-24-15)13-3-1-2-5-19-13/h1-3,5,7,12,20H,4,6,8-10H2. The maximum absolute atomic E-state index is 12.6. The maximum atomic E-state index is 12.6. The van der Waals surface area contributed by atoms with Gasteiger partial charge in [0.05, 0.1) is 5.69 Å². The monoisotopic (exact) mass is 323 g/mol. The number of nitrogens with one attached hydrogen (secondary N) is 1. The Morgan fingerprint density at radius 3 is 3.04 bits per heavy atom. The molecule has 0 unspecified atom stereocenters. The van der Waals surface area contributed by atoms with Crippen molar-refractivity contribution in [3.05, 3.63) is 36.2 Å². The lowest BCUT2D eigenvalue weighted by Crippen LogP contribution is -2.49. The van der Waals surface area contributed by atoms with E-state index in [1.54, 1.807) is 12.3 Å². The fraction of sp³-hybridized carbons (Fsp3) is 0.412. The zero-order valence-electron chi connectivity index (χ0n) is 13.1. The van der Waals surface area contributed by atoms with Gasteiger partial charge in [0, 0.05) is 31.4 Å². The second-order valence-electron chi connectivity index (χ2n) is 6.63. The lowest BCUT2D eigenvalue weighted by atomic mass is 9.65. The van der Waals surface area contributed by atoms with Gasteiger partial charge in [-0.25, -0.2) is 0 Å². The zero-order valence-corrected chi connectivity index (χ0v) is 13.1. The molecule has 7 heteroatoms. The molecule has 1 saturated heterocycles. The highest BCUT2D eigenvalue weighted by atomic mass is 16.5. The van der Waals surface area contributed by atoms with Gasteiger partial charge >= 0.3 is 0 Å². The molecule has 1 amide bonds. The Bertz CT molecular complexity index is 789. The second-order valence-corrected chi connectivity index (χ2v) is 6.63. The molecule has 122 valence electrons. The van der Waals surface area contributed by atoms with Crippen LogP contribution in [-0.2, 0) is 0 Å². The first-order chi connectivity index (χ1) is 11.7. The van der Waals surface area contributed by atoms with Crippen molar-refractivity contribution in [3.8, 4) is 17.6 Å². The SMILES string of the molecule is N#CNC1CC2(CCN(C(=O)c3cc(-c4ccccn4)no3)C2)C1. The first-order valence-corrected chi connectivity index (χ1v) is 8.01. The molecular formula is C17H17N5O2. The minimum absolute atomic E-state index is 0.127. The highest BCUT2D eigenvalue weighted by Gasteiger charge is 2.49. The Balaban J connectivity index is 1.43. The van der Waals surface area contributed by atoms with Crippen molar-refractivity contribution in [2.24, 2.45) is 5.41 Å². The van der Waals surface area contributed by atoms with Gasteiger partial charge in [-0.1, -0.05) is 11.2 Å². The number of hydrogen-bond acceptors (Lipinski definition) is 6. The summed E-state index contributed by atoms with van der Waals surface area (Å²) in [4.78, 5) is 18.7. The molecule has 4 rings (SSSR count). The summed E-state index contributed by atoms with van der Waals surface area (Å²) in [7, 11) is 0. The number of carbonyl (C=O) groups excluding carboxylic acids is 1. The fourth-order valence-electron chi connectivity index (χ4n) is 3.79. The van der Waals surface area contributed by atoms with Gasteiger partial charge in [-0.3, -0.25) is 9.78 Å². The van der Waals surface area contributed by atoms with Crippen molar-refractivity contribution in [3.63, 3.8) is 0 Å². The molecule has 24 heavy (non-hydrogen) atoms. The molecule has 1 saturated carbocycles. The Kier molecular flexibility index (Phi) is 3.45. The predicted molar refractivity (Wildman–Crippen MR) is 84.5 cm³/mol. The van der Waals surface area contributed by atoms with Crippen LogP contribution >= 0.6 is 0 Å². The Hall–Kier alpha value is -2.88. The van der Waals surface area contributed by atoms with Crippen LogP contribution in [0.3, 0.4) is 0 Å². The van der Waals surface area contributed by atoms with Gasteiger partial charge in [-0.05, 0) is 36.8 Å². The van der Waals surface area contributed by atoms with Crippen molar-refractivity contribution in [1.82, 2.24) is 20.4 Å². The molecule has 2 aliphatic rings. The molecule has 0 bridgehead atoms. The third-order valence-electron chi connectivity index (χ3n) is 5.00. The minimum Gasteiger partial charge on any atom is -0.350 e. The van der Waals surface area contributed by atoms with Gasteiger partial charge in [0.15, 0.2) is 6.19 Å². The third kappa shape index (κ3) is 2.50. The van der Waals surface area contributed by atoms with E-state index in [1.807, 2.05) is 29.3 Å². The fourth-order valence-corrected chi connectivity index (χ4v) is 3.79. The molecular weight excluding hydrogens is 306 g/mol. The number of nitriles is 1. The molecule has 2 fully saturated rings. The Labute approximate surface area is 139 Å². The van der Waals surface area contributed by atoms with Crippen molar-refractivity contribution in [2.45, 2.75) is 25.3 Å². The number of hydrogen-bond donors (Lipinski definition) is 1. The highest BCUT2D eigenvalue weighted by molar-refractivity contribution is 5.92. The van der Waals surface area contributed by atoms with Crippen LogP contribution in [0, 0.1) is 16.9 Å². The molecule has 7 nitrogen and oxygen atoms in total. The molecule has 1 spiro atoms. The predicted octanol–water partition coefficient (Wildman–Crippen LogP) is 1.80. The van der Waals surface area contributed by atoms with E-state index in [1.165, 1.54) is 0 Å². The summed E-state index contributed by atoms with van der Waals surface area (Å²) < 4.78 is 5.24. The zero-order chi connectivity index (χ0) is 16.6. The molecule has 0 aromatic carbocycles. The second kappa shape index (κ2) is 5.64. The topological polar surface area (TPSA) is 95.1 Å². The first-order valence-electron chi connectivity index (χ1n) is 8.01. The largest absolute Gasteiger partial charge is 0.350 e. The average Bonchev–Trinajstić information content (AvgIpc) is 3.23. The van der Waals surface area contributed by atoms with Gasteiger partial charge in [0.25, 0.3) is 5.91 Å².